The topological polar surface area (TPSA) is 46.1 Å². The Balaban J connectivity index is 1.82. The van der Waals surface area contributed by atoms with Crippen LogP contribution in [-0.2, 0) is 4.79 Å². The number of aromatic nitrogens is 2. The van der Waals surface area contributed by atoms with E-state index in [9.17, 15) is 4.79 Å². The van der Waals surface area contributed by atoms with Crippen molar-refractivity contribution in [2.75, 3.05) is 11.9 Å². The lowest BCUT2D eigenvalue weighted by Gasteiger charge is -2.20. The van der Waals surface area contributed by atoms with Gasteiger partial charge in [-0.05, 0) is 12.0 Å². The number of anilines is 1. The highest BCUT2D eigenvalue weighted by Crippen LogP contribution is 2.30. The average Bonchev–Trinajstić information content (AvgIpc) is 3.13. The Labute approximate surface area is 145 Å². The zero-order valence-electron chi connectivity index (χ0n) is 13.7. The molecule has 3 aromatic rings. The van der Waals surface area contributed by atoms with Crippen LogP contribution in [0.1, 0.15) is 24.8 Å². The maximum Gasteiger partial charge on any atom is 0.236 e. The van der Waals surface area contributed by atoms with Crippen LogP contribution in [-0.4, -0.2) is 23.2 Å². The van der Waals surface area contributed by atoms with Gasteiger partial charge in [-0.2, -0.15) is 0 Å². The standard InChI is InChI=1S/C19H19N3OS/c1-3-16(14-10-6-4-7-11-14)18(23)22(2)19-21-20-17(24-19)15-12-8-5-9-13-15/h4-13,16H,3H2,1-2H3/t16-/m0/s1. The lowest BCUT2D eigenvalue weighted by molar-refractivity contribution is -0.119. The van der Waals surface area contributed by atoms with Gasteiger partial charge in [0.2, 0.25) is 11.0 Å². The first-order valence-electron chi connectivity index (χ1n) is 7.92. The van der Waals surface area contributed by atoms with Gasteiger partial charge in [0.1, 0.15) is 5.01 Å². The summed E-state index contributed by atoms with van der Waals surface area (Å²) in [5.41, 5.74) is 2.04. The van der Waals surface area contributed by atoms with Crippen LogP contribution in [0.4, 0.5) is 5.13 Å². The van der Waals surface area contributed by atoms with Gasteiger partial charge in [0.05, 0.1) is 5.92 Å². The van der Waals surface area contributed by atoms with E-state index >= 15 is 0 Å². The molecule has 1 aromatic heterocycles. The van der Waals surface area contributed by atoms with Crippen molar-refractivity contribution in [1.29, 1.82) is 0 Å². The highest BCUT2D eigenvalue weighted by atomic mass is 32.1. The van der Waals surface area contributed by atoms with Crippen molar-refractivity contribution in [1.82, 2.24) is 10.2 Å². The molecule has 0 aliphatic heterocycles. The van der Waals surface area contributed by atoms with E-state index in [4.69, 9.17) is 0 Å². The van der Waals surface area contributed by atoms with Crippen LogP contribution in [0.5, 0.6) is 0 Å². The van der Waals surface area contributed by atoms with Gasteiger partial charge in [0.15, 0.2) is 0 Å². The average molecular weight is 337 g/mol. The van der Waals surface area contributed by atoms with Crippen molar-refractivity contribution in [3.63, 3.8) is 0 Å². The normalized spacial score (nSPS) is 11.9. The highest BCUT2D eigenvalue weighted by Gasteiger charge is 2.25. The van der Waals surface area contributed by atoms with Crippen molar-refractivity contribution >= 4 is 22.4 Å². The number of hydrogen-bond acceptors (Lipinski definition) is 4. The SMILES string of the molecule is CC[C@H](C(=O)N(C)c1nnc(-c2ccccc2)s1)c1ccccc1. The number of rotatable bonds is 5. The van der Waals surface area contributed by atoms with E-state index in [1.165, 1.54) is 11.3 Å². The molecule has 1 amide bonds. The van der Waals surface area contributed by atoms with E-state index in [1.54, 1.807) is 11.9 Å². The third-order valence-electron chi connectivity index (χ3n) is 3.96. The lowest BCUT2D eigenvalue weighted by atomic mass is 9.95. The summed E-state index contributed by atoms with van der Waals surface area (Å²) in [6.45, 7) is 2.03. The molecule has 5 heteroatoms. The van der Waals surface area contributed by atoms with E-state index in [2.05, 4.69) is 10.2 Å². The fourth-order valence-electron chi connectivity index (χ4n) is 2.61. The van der Waals surface area contributed by atoms with E-state index < -0.39 is 0 Å². The smallest absolute Gasteiger partial charge is 0.236 e. The van der Waals surface area contributed by atoms with Gasteiger partial charge in [0.25, 0.3) is 0 Å². The number of benzene rings is 2. The minimum Gasteiger partial charge on any atom is -0.289 e. The lowest BCUT2D eigenvalue weighted by Crippen LogP contribution is -2.31. The largest absolute Gasteiger partial charge is 0.289 e. The Hall–Kier alpha value is -2.53. The van der Waals surface area contributed by atoms with Gasteiger partial charge in [-0.15, -0.1) is 10.2 Å². The minimum atomic E-state index is -0.166. The molecule has 0 unspecified atom stereocenters. The van der Waals surface area contributed by atoms with Crippen LogP contribution in [0, 0.1) is 0 Å². The second kappa shape index (κ2) is 7.36. The molecular formula is C19H19N3OS. The third kappa shape index (κ3) is 3.36. The molecule has 0 saturated carbocycles. The van der Waals surface area contributed by atoms with Crippen LogP contribution >= 0.6 is 11.3 Å². The molecule has 2 aromatic carbocycles. The van der Waals surface area contributed by atoms with E-state index in [0.717, 1.165) is 22.6 Å². The molecule has 0 radical (unpaired) electrons. The van der Waals surface area contributed by atoms with Gasteiger partial charge >= 0.3 is 0 Å². The number of likely N-dealkylation sites (N-methyl/N-ethyl adjacent to an activating group) is 1. The van der Waals surface area contributed by atoms with E-state index in [-0.39, 0.29) is 11.8 Å². The van der Waals surface area contributed by atoms with E-state index in [0.29, 0.717) is 5.13 Å². The number of nitrogens with zero attached hydrogens (tertiary/aromatic N) is 3. The summed E-state index contributed by atoms with van der Waals surface area (Å²) in [5, 5.41) is 9.86. The first-order valence-corrected chi connectivity index (χ1v) is 8.73. The summed E-state index contributed by atoms with van der Waals surface area (Å²) in [4.78, 5) is 14.5. The van der Waals surface area contributed by atoms with Crippen LogP contribution in [0.3, 0.4) is 0 Å². The highest BCUT2D eigenvalue weighted by molar-refractivity contribution is 7.18. The molecule has 122 valence electrons. The van der Waals surface area contributed by atoms with Crippen molar-refractivity contribution in [2.24, 2.45) is 0 Å². The Kier molecular flexibility index (Phi) is 5.01. The predicted octanol–water partition coefficient (Wildman–Crippen LogP) is 4.36. The van der Waals surface area contributed by atoms with Crippen molar-refractivity contribution in [3.8, 4) is 10.6 Å². The first kappa shape index (κ1) is 16.3. The molecule has 0 saturated heterocycles. The van der Waals surface area contributed by atoms with Gasteiger partial charge in [-0.25, -0.2) is 0 Å². The molecule has 3 rings (SSSR count). The van der Waals surface area contributed by atoms with E-state index in [1.807, 2.05) is 67.6 Å². The molecule has 24 heavy (non-hydrogen) atoms. The maximum absolute atomic E-state index is 12.9. The maximum atomic E-state index is 12.9. The summed E-state index contributed by atoms with van der Waals surface area (Å²) < 4.78 is 0. The number of hydrogen-bond donors (Lipinski definition) is 0. The minimum absolute atomic E-state index is 0.0412. The number of amides is 1. The zero-order chi connectivity index (χ0) is 16.9. The summed E-state index contributed by atoms with van der Waals surface area (Å²) in [7, 11) is 1.77. The van der Waals surface area contributed by atoms with Crippen LogP contribution in [0.15, 0.2) is 60.7 Å². The third-order valence-corrected chi connectivity index (χ3v) is 5.01. The molecule has 0 fully saturated rings. The van der Waals surface area contributed by atoms with Crippen LogP contribution in [0.25, 0.3) is 10.6 Å². The van der Waals surface area contributed by atoms with Crippen molar-refractivity contribution in [2.45, 2.75) is 19.3 Å². The summed E-state index contributed by atoms with van der Waals surface area (Å²) in [6, 6.07) is 19.8. The quantitative estimate of drug-likeness (QED) is 0.695. The summed E-state index contributed by atoms with van der Waals surface area (Å²) in [6.07, 6.45) is 0.748. The van der Waals surface area contributed by atoms with Gasteiger partial charge in [0, 0.05) is 12.6 Å². The second-order valence-electron chi connectivity index (χ2n) is 5.52. The Morgan fingerprint density at radius 2 is 1.67 bits per heavy atom. The van der Waals surface area contributed by atoms with Gasteiger partial charge < -0.3 is 0 Å². The molecule has 4 nitrogen and oxygen atoms in total. The van der Waals surface area contributed by atoms with Crippen LogP contribution in [0.2, 0.25) is 0 Å². The molecule has 0 aliphatic rings. The molecule has 1 heterocycles. The summed E-state index contributed by atoms with van der Waals surface area (Å²) in [5.74, 6) is -0.125. The van der Waals surface area contributed by atoms with Crippen LogP contribution < -0.4 is 4.90 Å². The summed E-state index contributed by atoms with van der Waals surface area (Å²) >= 11 is 1.43. The number of carbonyl (C=O) groups is 1. The van der Waals surface area contributed by atoms with Gasteiger partial charge in [-0.3, -0.25) is 9.69 Å². The fourth-order valence-corrected chi connectivity index (χ4v) is 3.43. The molecule has 0 N–H and O–H groups in total. The Morgan fingerprint density at radius 1 is 1.04 bits per heavy atom. The molecule has 0 spiro atoms. The zero-order valence-corrected chi connectivity index (χ0v) is 14.5. The molecule has 0 aliphatic carbocycles. The molecule has 0 bridgehead atoms. The molecule has 1 atom stereocenters. The predicted molar refractivity (Wildman–Crippen MR) is 98.2 cm³/mol. The number of carbonyl (C=O) groups excluding carboxylic acids is 1. The van der Waals surface area contributed by atoms with Crippen molar-refractivity contribution in [3.05, 3.63) is 66.2 Å². The molecular weight excluding hydrogens is 318 g/mol. The Bertz CT molecular complexity index is 802. The fraction of sp³-hybridized carbons (Fsp3) is 0.211. The Morgan fingerprint density at radius 3 is 2.29 bits per heavy atom. The second-order valence-corrected chi connectivity index (χ2v) is 6.48. The first-order chi connectivity index (χ1) is 11.7. The monoisotopic (exact) mass is 337 g/mol. The van der Waals surface area contributed by atoms with Crippen molar-refractivity contribution < 1.29 is 4.79 Å². The van der Waals surface area contributed by atoms with Gasteiger partial charge in [-0.1, -0.05) is 78.9 Å².